The van der Waals surface area contributed by atoms with Gasteiger partial charge in [0.05, 0.1) is 7.11 Å². The fourth-order valence-corrected chi connectivity index (χ4v) is 1.80. The molecule has 0 radical (unpaired) electrons. The second-order valence-electron chi connectivity index (χ2n) is 3.15. The first kappa shape index (κ1) is 11.7. The normalized spacial score (nSPS) is 10.4. The molecule has 0 atom stereocenters. The highest BCUT2D eigenvalue weighted by molar-refractivity contribution is 9.10. The first-order valence-corrected chi connectivity index (χ1v) is 5.63. The van der Waals surface area contributed by atoms with Crippen molar-refractivity contribution in [3.05, 3.63) is 34.3 Å². The zero-order valence-electron chi connectivity index (χ0n) is 8.42. The number of halogens is 1. The van der Waals surface area contributed by atoms with Gasteiger partial charge in [0.25, 0.3) is 0 Å². The van der Waals surface area contributed by atoms with E-state index in [2.05, 4.69) is 39.6 Å². The Kier molecular flexibility index (Phi) is 5.83. The number of hydrogen-bond donors (Lipinski definition) is 1. The van der Waals surface area contributed by atoms with Crippen molar-refractivity contribution in [2.24, 2.45) is 0 Å². The van der Waals surface area contributed by atoms with Crippen LogP contribution in [0.2, 0.25) is 0 Å². The van der Waals surface area contributed by atoms with Gasteiger partial charge in [0.1, 0.15) is 0 Å². The van der Waals surface area contributed by atoms with E-state index in [4.69, 9.17) is 4.84 Å². The lowest BCUT2D eigenvalue weighted by atomic mass is 10.1. The van der Waals surface area contributed by atoms with Gasteiger partial charge in [-0.3, -0.25) is 0 Å². The summed E-state index contributed by atoms with van der Waals surface area (Å²) in [5, 5.41) is 0. The molecule has 0 aliphatic heterocycles. The summed E-state index contributed by atoms with van der Waals surface area (Å²) in [5.74, 6) is 0. The molecule has 0 spiro atoms. The molecule has 0 unspecified atom stereocenters. The van der Waals surface area contributed by atoms with Gasteiger partial charge < -0.3 is 4.84 Å². The van der Waals surface area contributed by atoms with E-state index in [9.17, 15) is 0 Å². The number of rotatable bonds is 6. The average Bonchev–Trinajstić information content (AvgIpc) is 2.20. The highest BCUT2D eigenvalue weighted by atomic mass is 79.9. The topological polar surface area (TPSA) is 21.3 Å². The molecule has 0 saturated heterocycles. The van der Waals surface area contributed by atoms with Gasteiger partial charge in [0.15, 0.2) is 0 Å². The van der Waals surface area contributed by atoms with E-state index >= 15 is 0 Å². The number of unbranched alkanes of at least 4 members (excludes halogenated alkanes) is 1. The summed E-state index contributed by atoms with van der Waals surface area (Å²) in [6.07, 6.45) is 3.43. The summed E-state index contributed by atoms with van der Waals surface area (Å²) >= 11 is 3.54. The first-order chi connectivity index (χ1) is 6.84. The number of nitrogens with one attached hydrogen (secondary N) is 1. The lowest BCUT2D eigenvalue weighted by Crippen LogP contribution is -2.12. The Hall–Kier alpha value is -0.380. The summed E-state index contributed by atoms with van der Waals surface area (Å²) in [5.41, 5.74) is 4.22. The molecule has 1 N–H and O–H groups in total. The molecule has 3 heteroatoms. The van der Waals surface area contributed by atoms with E-state index in [1.54, 1.807) is 7.11 Å². The summed E-state index contributed by atoms with van der Waals surface area (Å²) in [6, 6.07) is 8.37. The summed E-state index contributed by atoms with van der Waals surface area (Å²) < 4.78 is 1.21. The Morgan fingerprint density at radius 1 is 1.29 bits per heavy atom. The number of aryl methyl sites for hydroxylation is 1. The van der Waals surface area contributed by atoms with E-state index in [1.807, 2.05) is 6.07 Å². The Balaban J connectivity index is 2.21. The van der Waals surface area contributed by atoms with Crippen LogP contribution < -0.4 is 5.48 Å². The maximum Gasteiger partial charge on any atom is 0.0572 e. The first-order valence-electron chi connectivity index (χ1n) is 4.84. The maximum atomic E-state index is 4.76. The molecule has 0 amide bonds. The fourth-order valence-electron chi connectivity index (χ4n) is 1.32. The van der Waals surface area contributed by atoms with Crippen molar-refractivity contribution in [3.63, 3.8) is 0 Å². The van der Waals surface area contributed by atoms with Gasteiger partial charge in [0.2, 0.25) is 0 Å². The zero-order chi connectivity index (χ0) is 10.2. The average molecular weight is 258 g/mol. The minimum absolute atomic E-state index is 0.918. The number of hydrogen-bond acceptors (Lipinski definition) is 2. The van der Waals surface area contributed by atoms with Gasteiger partial charge in [-0.1, -0.05) is 34.1 Å². The molecule has 78 valence electrons. The Labute approximate surface area is 93.7 Å². The van der Waals surface area contributed by atoms with Crippen LogP contribution in [0.25, 0.3) is 0 Å². The predicted octanol–water partition coefficient (Wildman–Crippen LogP) is 2.92. The van der Waals surface area contributed by atoms with Crippen LogP contribution in [0.4, 0.5) is 0 Å². The van der Waals surface area contributed by atoms with E-state index in [-0.39, 0.29) is 0 Å². The lowest BCUT2D eigenvalue weighted by molar-refractivity contribution is 0.0906. The van der Waals surface area contributed by atoms with Gasteiger partial charge in [-0.15, -0.1) is 0 Å². The van der Waals surface area contributed by atoms with Crippen LogP contribution in [0, 0.1) is 0 Å². The molecule has 0 bridgehead atoms. The molecule has 0 saturated carbocycles. The number of benzene rings is 1. The Bertz CT molecular complexity index is 265. The molecule has 2 nitrogen and oxygen atoms in total. The second-order valence-corrected chi connectivity index (χ2v) is 4.00. The largest absolute Gasteiger partial charge is 0.305 e. The van der Waals surface area contributed by atoms with Gasteiger partial charge in [0, 0.05) is 11.0 Å². The summed E-state index contributed by atoms with van der Waals surface area (Å²) in [4.78, 5) is 4.76. The zero-order valence-corrected chi connectivity index (χ0v) is 10.0. The lowest BCUT2D eigenvalue weighted by Gasteiger charge is -2.04. The highest BCUT2D eigenvalue weighted by Crippen LogP contribution is 2.17. The van der Waals surface area contributed by atoms with Crippen LogP contribution in [0.3, 0.4) is 0 Å². The van der Waals surface area contributed by atoms with Gasteiger partial charge in [-0.2, -0.15) is 0 Å². The van der Waals surface area contributed by atoms with Gasteiger partial charge in [-0.05, 0) is 30.9 Å². The van der Waals surface area contributed by atoms with Crippen molar-refractivity contribution in [1.29, 1.82) is 0 Å². The molecule has 0 aliphatic carbocycles. The quantitative estimate of drug-likeness (QED) is 0.625. The van der Waals surface area contributed by atoms with Crippen LogP contribution in [0.5, 0.6) is 0 Å². The van der Waals surface area contributed by atoms with Gasteiger partial charge >= 0.3 is 0 Å². The molecule has 0 aromatic heterocycles. The third-order valence-electron chi connectivity index (χ3n) is 2.08. The third kappa shape index (κ3) is 4.22. The molecule has 0 heterocycles. The standard InChI is InChI=1S/C11H16BrNO/c1-14-13-9-5-4-7-10-6-2-3-8-11(10)12/h2-3,6,8,13H,4-5,7,9H2,1H3. The third-order valence-corrected chi connectivity index (χ3v) is 2.85. The molecular formula is C11H16BrNO. The monoisotopic (exact) mass is 257 g/mol. The number of hydroxylamine groups is 1. The van der Waals surface area contributed by atoms with Crippen LogP contribution >= 0.6 is 15.9 Å². The molecule has 1 rings (SSSR count). The molecule has 0 fully saturated rings. The van der Waals surface area contributed by atoms with E-state index in [1.165, 1.54) is 16.5 Å². The summed E-state index contributed by atoms with van der Waals surface area (Å²) in [7, 11) is 1.65. The molecular weight excluding hydrogens is 242 g/mol. The second kappa shape index (κ2) is 6.98. The minimum atomic E-state index is 0.918. The Morgan fingerprint density at radius 2 is 2.07 bits per heavy atom. The fraction of sp³-hybridized carbons (Fsp3) is 0.455. The highest BCUT2D eigenvalue weighted by Gasteiger charge is 1.97. The van der Waals surface area contributed by atoms with Crippen LogP contribution in [0.1, 0.15) is 18.4 Å². The molecule has 1 aromatic carbocycles. The van der Waals surface area contributed by atoms with Crippen LogP contribution in [0.15, 0.2) is 28.7 Å². The van der Waals surface area contributed by atoms with Crippen molar-refractivity contribution in [2.75, 3.05) is 13.7 Å². The minimum Gasteiger partial charge on any atom is -0.305 e. The predicted molar refractivity (Wildman–Crippen MR) is 62.1 cm³/mol. The van der Waals surface area contributed by atoms with Crippen molar-refractivity contribution in [3.8, 4) is 0 Å². The SMILES string of the molecule is CONCCCCc1ccccc1Br. The smallest absolute Gasteiger partial charge is 0.0572 e. The van der Waals surface area contributed by atoms with Crippen molar-refractivity contribution in [1.82, 2.24) is 5.48 Å². The van der Waals surface area contributed by atoms with Crippen molar-refractivity contribution >= 4 is 15.9 Å². The Morgan fingerprint density at radius 3 is 2.79 bits per heavy atom. The summed E-state index contributed by atoms with van der Waals surface area (Å²) in [6.45, 7) is 0.918. The van der Waals surface area contributed by atoms with Crippen LogP contribution in [-0.4, -0.2) is 13.7 Å². The van der Waals surface area contributed by atoms with E-state index in [0.717, 1.165) is 19.4 Å². The van der Waals surface area contributed by atoms with Crippen molar-refractivity contribution in [2.45, 2.75) is 19.3 Å². The van der Waals surface area contributed by atoms with Crippen LogP contribution in [-0.2, 0) is 11.3 Å². The molecule has 1 aromatic rings. The van der Waals surface area contributed by atoms with Crippen molar-refractivity contribution < 1.29 is 4.84 Å². The molecule has 0 aliphatic rings. The molecule has 14 heavy (non-hydrogen) atoms. The van der Waals surface area contributed by atoms with E-state index < -0.39 is 0 Å². The van der Waals surface area contributed by atoms with Gasteiger partial charge in [-0.25, -0.2) is 5.48 Å². The maximum absolute atomic E-state index is 4.76. The van der Waals surface area contributed by atoms with E-state index in [0.29, 0.717) is 0 Å².